The van der Waals surface area contributed by atoms with Crippen molar-refractivity contribution in [1.82, 2.24) is 31.0 Å². The van der Waals surface area contributed by atoms with E-state index in [9.17, 15) is 4.79 Å². The van der Waals surface area contributed by atoms with Gasteiger partial charge in [0.15, 0.2) is 0 Å². The molecule has 0 saturated carbocycles. The van der Waals surface area contributed by atoms with Crippen molar-refractivity contribution in [1.29, 1.82) is 0 Å². The Balaban J connectivity index is 1.33. The van der Waals surface area contributed by atoms with E-state index in [1.54, 1.807) is 12.4 Å². The van der Waals surface area contributed by atoms with E-state index in [2.05, 4.69) is 42.9 Å². The summed E-state index contributed by atoms with van der Waals surface area (Å²) in [5, 5.41) is 3.04. The molecule has 2 saturated heterocycles. The molecule has 8 nitrogen and oxygen atoms in total. The number of amides is 1. The molecule has 2 aliphatic rings. The summed E-state index contributed by atoms with van der Waals surface area (Å²) in [5.74, 6) is 0.894. The third-order valence-electron chi connectivity index (χ3n) is 4.73. The smallest absolute Gasteiger partial charge is 0.238 e. The summed E-state index contributed by atoms with van der Waals surface area (Å²) in [7, 11) is 0. The molecule has 2 atom stereocenters. The molecule has 3 rings (SSSR count). The van der Waals surface area contributed by atoms with Crippen LogP contribution in [0.2, 0.25) is 0 Å². The number of hydrogen-bond donors (Lipinski definition) is 3. The van der Waals surface area contributed by atoms with Crippen LogP contribution in [0.4, 0.5) is 5.95 Å². The summed E-state index contributed by atoms with van der Waals surface area (Å²) < 4.78 is 0. The van der Waals surface area contributed by atoms with Gasteiger partial charge in [-0.25, -0.2) is 15.4 Å². The molecule has 0 radical (unpaired) electrons. The first-order chi connectivity index (χ1) is 11.8. The van der Waals surface area contributed by atoms with Crippen LogP contribution in [0, 0.1) is 0 Å². The van der Waals surface area contributed by atoms with Crippen LogP contribution in [-0.4, -0.2) is 72.1 Å². The minimum atomic E-state index is -0.109. The van der Waals surface area contributed by atoms with Crippen LogP contribution in [-0.2, 0) is 4.79 Å². The van der Waals surface area contributed by atoms with Gasteiger partial charge in [0, 0.05) is 57.7 Å². The van der Waals surface area contributed by atoms with Crippen molar-refractivity contribution in [3.63, 3.8) is 0 Å². The Bertz CT molecular complexity index is 518. The fourth-order valence-corrected chi connectivity index (χ4v) is 3.15. The molecule has 0 bridgehead atoms. The molecule has 1 aromatic rings. The Labute approximate surface area is 143 Å². The zero-order valence-electron chi connectivity index (χ0n) is 14.2. The van der Waals surface area contributed by atoms with Crippen LogP contribution in [0.5, 0.6) is 0 Å². The highest BCUT2D eigenvalue weighted by molar-refractivity contribution is 5.82. The summed E-state index contributed by atoms with van der Waals surface area (Å²) in [5.41, 5.74) is 6.23. The molecule has 0 spiro atoms. The molecule has 2 unspecified atom stereocenters. The van der Waals surface area contributed by atoms with E-state index in [0.717, 1.165) is 51.5 Å². The van der Waals surface area contributed by atoms with Crippen molar-refractivity contribution in [3.05, 3.63) is 18.5 Å². The Morgan fingerprint density at radius 2 is 2.00 bits per heavy atom. The molecule has 1 amide bonds. The van der Waals surface area contributed by atoms with Crippen LogP contribution in [0.3, 0.4) is 0 Å². The first kappa shape index (κ1) is 17.1. The lowest BCUT2D eigenvalue weighted by Crippen LogP contribution is -2.50. The maximum Gasteiger partial charge on any atom is 0.238 e. The largest absolute Gasteiger partial charge is 0.353 e. The number of hydrogen-bond acceptors (Lipinski definition) is 7. The van der Waals surface area contributed by atoms with Crippen molar-refractivity contribution in [2.75, 3.05) is 44.2 Å². The van der Waals surface area contributed by atoms with E-state index < -0.39 is 0 Å². The number of piperazine rings is 1. The fourth-order valence-electron chi connectivity index (χ4n) is 3.15. The number of nitrogens with one attached hydrogen (secondary N) is 3. The predicted octanol–water partition coefficient (Wildman–Crippen LogP) is -0.640. The van der Waals surface area contributed by atoms with Crippen LogP contribution in [0.25, 0.3) is 0 Å². The van der Waals surface area contributed by atoms with E-state index >= 15 is 0 Å². The first-order valence-electron chi connectivity index (χ1n) is 8.79. The summed E-state index contributed by atoms with van der Waals surface area (Å²) in [4.78, 5) is 25.3. The van der Waals surface area contributed by atoms with Gasteiger partial charge >= 0.3 is 0 Å². The number of anilines is 1. The van der Waals surface area contributed by atoms with Gasteiger partial charge in [0.25, 0.3) is 0 Å². The summed E-state index contributed by atoms with van der Waals surface area (Å²) in [6, 6.07) is 2.12. The lowest BCUT2D eigenvalue weighted by Gasteiger charge is -2.34. The van der Waals surface area contributed by atoms with Gasteiger partial charge < -0.3 is 10.2 Å². The quantitative estimate of drug-likeness (QED) is 0.638. The number of nitrogens with zero attached hydrogens (tertiary/aromatic N) is 4. The monoisotopic (exact) mass is 333 g/mol. The minimum Gasteiger partial charge on any atom is -0.353 e. The number of hydrazine groups is 1. The standard InChI is InChI=1S/C16H27N7O/c1-2-13-12-14(21-20-13)15(24)17-6-7-22-8-10-23(11-9-22)16-18-4-3-5-19-16/h3-5,13-14,20-21H,2,6-12H2,1H3,(H,17,24). The van der Waals surface area contributed by atoms with E-state index in [-0.39, 0.29) is 11.9 Å². The first-order valence-corrected chi connectivity index (χ1v) is 8.79. The second-order valence-corrected chi connectivity index (χ2v) is 6.35. The third-order valence-corrected chi connectivity index (χ3v) is 4.73. The van der Waals surface area contributed by atoms with Crippen LogP contribution < -0.4 is 21.1 Å². The highest BCUT2D eigenvalue weighted by Gasteiger charge is 2.28. The Morgan fingerprint density at radius 1 is 1.25 bits per heavy atom. The van der Waals surface area contributed by atoms with Gasteiger partial charge in [0.2, 0.25) is 11.9 Å². The molecule has 3 heterocycles. The van der Waals surface area contributed by atoms with E-state index in [1.807, 2.05) is 6.07 Å². The molecular weight excluding hydrogens is 306 g/mol. The topological polar surface area (TPSA) is 85.4 Å². The summed E-state index contributed by atoms with van der Waals surface area (Å²) in [6.45, 7) is 7.47. The molecule has 2 aliphatic heterocycles. The molecule has 3 N–H and O–H groups in total. The third kappa shape index (κ3) is 4.40. The van der Waals surface area contributed by atoms with Gasteiger partial charge in [-0.1, -0.05) is 6.92 Å². The van der Waals surface area contributed by atoms with Gasteiger partial charge in [-0.2, -0.15) is 0 Å². The number of carbonyl (C=O) groups excluding carboxylic acids is 1. The Hall–Kier alpha value is -1.77. The number of rotatable bonds is 6. The Kier molecular flexibility index (Phi) is 5.95. The van der Waals surface area contributed by atoms with Crippen molar-refractivity contribution in [2.24, 2.45) is 0 Å². The van der Waals surface area contributed by atoms with Crippen molar-refractivity contribution < 1.29 is 4.79 Å². The maximum atomic E-state index is 12.1. The zero-order valence-corrected chi connectivity index (χ0v) is 14.2. The van der Waals surface area contributed by atoms with Gasteiger partial charge in [0.1, 0.15) is 6.04 Å². The van der Waals surface area contributed by atoms with Gasteiger partial charge in [-0.3, -0.25) is 15.1 Å². The van der Waals surface area contributed by atoms with Crippen LogP contribution >= 0.6 is 0 Å². The van der Waals surface area contributed by atoms with Gasteiger partial charge in [0.05, 0.1) is 0 Å². The average Bonchev–Trinajstić information content (AvgIpc) is 3.12. The Morgan fingerprint density at radius 3 is 2.67 bits per heavy atom. The molecule has 24 heavy (non-hydrogen) atoms. The van der Waals surface area contributed by atoms with E-state index in [1.165, 1.54) is 0 Å². The molecule has 132 valence electrons. The van der Waals surface area contributed by atoms with E-state index in [0.29, 0.717) is 12.6 Å². The molecule has 8 heteroatoms. The molecule has 2 fully saturated rings. The summed E-state index contributed by atoms with van der Waals surface area (Å²) >= 11 is 0. The average molecular weight is 333 g/mol. The normalized spacial score (nSPS) is 25.0. The number of carbonyl (C=O) groups is 1. The lowest BCUT2D eigenvalue weighted by atomic mass is 10.1. The van der Waals surface area contributed by atoms with Gasteiger partial charge in [-0.05, 0) is 18.9 Å². The highest BCUT2D eigenvalue weighted by Crippen LogP contribution is 2.10. The second kappa shape index (κ2) is 8.36. The molecule has 0 aromatic carbocycles. The summed E-state index contributed by atoms with van der Waals surface area (Å²) in [6.07, 6.45) is 5.45. The van der Waals surface area contributed by atoms with Crippen molar-refractivity contribution in [3.8, 4) is 0 Å². The van der Waals surface area contributed by atoms with Crippen LogP contribution in [0.15, 0.2) is 18.5 Å². The number of aromatic nitrogens is 2. The van der Waals surface area contributed by atoms with Gasteiger partial charge in [-0.15, -0.1) is 0 Å². The maximum absolute atomic E-state index is 12.1. The molecule has 0 aliphatic carbocycles. The minimum absolute atomic E-state index is 0.0924. The SMILES string of the molecule is CCC1CC(C(=O)NCCN2CCN(c3ncccn3)CC2)NN1. The van der Waals surface area contributed by atoms with Crippen molar-refractivity contribution in [2.45, 2.75) is 31.8 Å². The highest BCUT2D eigenvalue weighted by atomic mass is 16.2. The second-order valence-electron chi connectivity index (χ2n) is 6.35. The zero-order chi connectivity index (χ0) is 16.8. The van der Waals surface area contributed by atoms with Crippen LogP contribution in [0.1, 0.15) is 19.8 Å². The van der Waals surface area contributed by atoms with E-state index in [4.69, 9.17) is 0 Å². The van der Waals surface area contributed by atoms with Crippen molar-refractivity contribution >= 4 is 11.9 Å². The predicted molar refractivity (Wildman–Crippen MR) is 92.5 cm³/mol. The lowest BCUT2D eigenvalue weighted by molar-refractivity contribution is -0.122. The fraction of sp³-hybridized carbons (Fsp3) is 0.688. The molecular formula is C16H27N7O. The molecule has 1 aromatic heterocycles.